The van der Waals surface area contributed by atoms with Crippen LogP contribution < -0.4 is 5.32 Å². The molecule has 4 rings (SSSR count). The van der Waals surface area contributed by atoms with Crippen LogP contribution in [-0.4, -0.2) is 19.0 Å². The molecule has 0 saturated heterocycles. The molecule has 1 aromatic carbocycles. The van der Waals surface area contributed by atoms with Crippen molar-refractivity contribution in [3.05, 3.63) is 51.1 Å². The van der Waals surface area contributed by atoms with Crippen LogP contribution in [0.3, 0.4) is 0 Å². The van der Waals surface area contributed by atoms with Crippen molar-refractivity contribution in [3.8, 4) is 0 Å². The number of furan rings is 1. The van der Waals surface area contributed by atoms with E-state index >= 15 is 0 Å². The lowest BCUT2D eigenvalue weighted by molar-refractivity contribution is 0.0601. The van der Waals surface area contributed by atoms with Gasteiger partial charge in [0.15, 0.2) is 5.76 Å². The minimum absolute atomic E-state index is 0.283. The Balaban J connectivity index is 1.71. The van der Waals surface area contributed by atoms with Crippen molar-refractivity contribution in [1.82, 2.24) is 0 Å². The maximum atomic E-state index is 13.0. The summed E-state index contributed by atoms with van der Waals surface area (Å²) in [6.45, 7) is 3.98. The lowest BCUT2D eigenvalue weighted by Crippen LogP contribution is -2.15. The molecule has 0 saturated carbocycles. The Morgan fingerprint density at radius 1 is 1.25 bits per heavy atom. The highest BCUT2D eigenvalue weighted by molar-refractivity contribution is 7.17. The maximum Gasteiger partial charge on any atom is 0.341 e. The number of hydrogen-bond donors (Lipinski definition) is 1. The molecule has 146 valence electrons. The standard InChI is InChI=1S/C22H23NO4S/c1-4-13-9-10-16-15(11-13)12(2)19(27-16)20(24)23-21-18(22(25)26-3)14-7-5-6-8-17(14)28-21/h9-11H,4-8H2,1-3H3,(H,23,24). The van der Waals surface area contributed by atoms with Gasteiger partial charge in [0.1, 0.15) is 10.6 Å². The van der Waals surface area contributed by atoms with Gasteiger partial charge in [-0.3, -0.25) is 4.79 Å². The SMILES string of the molecule is CCc1ccc2oc(C(=O)Nc3sc4c(c3C(=O)OC)CCCC4)c(C)c2c1. The molecule has 0 unspecified atom stereocenters. The van der Waals surface area contributed by atoms with E-state index in [1.807, 2.05) is 19.1 Å². The Morgan fingerprint density at radius 2 is 2.04 bits per heavy atom. The first-order valence-corrected chi connectivity index (χ1v) is 10.4. The summed E-state index contributed by atoms with van der Waals surface area (Å²) in [4.78, 5) is 26.5. The fourth-order valence-corrected chi connectivity index (χ4v) is 5.11. The van der Waals surface area contributed by atoms with E-state index in [1.165, 1.54) is 24.0 Å². The Morgan fingerprint density at radius 3 is 2.79 bits per heavy atom. The van der Waals surface area contributed by atoms with Gasteiger partial charge in [-0.1, -0.05) is 13.0 Å². The number of aryl methyl sites for hydroxylation is 3. The molecule has 2 aromatic heterocycles. The molecule has 1 aliphatic rings. The van der Waals surface area contributed by atoms with Gasteiger partial charge in [-0.15, -0.1) is 11.3 Å². The number of nitrogens with one attached hydrogen (secondary N) is 1. The topological polar surface area (TPSA) is 68.5 Å². The van der Waals surface area contributed by atoms with Crippen molar-refractivity contribution in [1.29, 1.82) is 0 Å². The van der Waals surface area contributed by atoms with Gasteiger partial charge >= 0.3 is 5.97 Å². The van der Waals surface area contributed by atoms with Crippen molar-refractivity contribution in [3.63, 3.8) is 0 Å². The first-order chi connectivity index (χ1) is 13.5. The van der Waals surface area contributed by atoms with Gasteiger partial charge in [-0.2, -0.15) is 0 Å². The monoisotopic (exact) mass is 397 g/mol. The van der Waals surface area contributed by atoms with Crippen LogP contribution in [0.15, 0.2) is 22.6 Å². The number of benzene rings is 1. The summed E-state index contributed by atoms with van der Waals surface area (Å²) in [5.74, 6) is -0.454. The zero-order chi connectivity index (χ0) is 19.8. The molecule has 0 spiro atoms. The van der Waals surface area contributed by atoms with Crippen molar-refractivity contribution in [2.75, 3.05) is 12.4 Å². The first-order valence-electron chi connectivity index (χ1n) is 9.59. The van der Waals surface area contributed by atoms with Crippen LogP contribution in [0, 0.1) is 6.92 Å². The molecule has 1 N–H and O–H groups in total. The highest BCUT2D eigenvalue weighted by atomic mass is 32.1. The number of anilines is 1. The average Bonchev–Trinajstić information content (AvgIpc) is 3.24. The van der Waals surface area contributed by atoms with Crippen LogP contribution in [0.5, 0.6) is 0 Å². The Hall–Kier alpha value is -2.60. The fraction of sp³-hybridized carbons (Fsp3) is 0.364. The van der Waals surface area contributed by atoms with Crippen LogP contribution >= 0.6 is 11.3 Å². The number of carbonyl (C=O) groups excluding carboxylic acids is 2. The van der Waals surface area contributed by atoms with Gasteiger partial charge in [-0.25, -0.2) is 4.79 Å². The van der Waals surface area contributed by atoms with Crippen LogP contribution in [0.1, 0.15) is 62.2 Å². The third-order valence-electron chi connectivity index (χ3n) is 5.40. The van der Waals surface area contributed by atoms with E-state index in [0.29, 0.717) is 16.1 Å². The van der Waals surface area contributed by atoms with E-state index < -0.39 is 5.97 Å². The van der Waals surface area contributed by atoms with E-state index in [-0.39, 0.29) is 11.7 Å². The maximum absolute atomic E-state index is 13.0. The fourth-order valence-electron chi connectivity index (χ4n) is 3.84. The number of carbonyl (C=O) groups is 2. The Bertz CT molecular complexity index is 1080. The Labute approximate surface area is 167 Å². The van der Waals surface area contributed by atoms with Crippen molar-refractivity contribution in [2.45, 2.75) is 46.0 Å². The lowest BCUT2D eigenvalue weighted by Gasteiger charge is -2.11. The largest absolute Gasteiger partial charge is 0.465 e. The number of esters is 1. The minimum atomic E-state index is -0.399. The van der Waals surface area contributed by atoms with Gasteiger partial charge in [0.05, 0.1) is 12.7 Å². The summed E-state index contributed by atoms with van der Waals surface area (Å²) >= 11 is 1.47. The Kier molecular flexibility index (Phi) is 4.98. The number of hydrogen-bond acceptors (Lipinski definition) is 5. The molecular weight excluding hydrogens is 374 g/mol. The van der Waals surface area contributed by atoms with Gasteiger partial charge in [0.25, 0.3) is 5.91 Å². The number of amides is 1. The van der Waals surface area contributed by atoms with Gasteiger partial charge in [-0.05, 0) is 62.3 Å². The lowest BCUT2D eigenvalue weighted by atomic mass is 9.95. The molecule has 3 aromatic rings. The quantitative estimate of drug-likeness (QED) is 0.608. The molecule has 1 aliphatic carbocycles. The second-order valence-corrected chi connectivity index (χ2v) is 8.21. The number of thiophene rings is 1. The third kappa shape index (κ3) is 3.11. The summed E-state index contributed by atoms with van der Waals surface area (Å²) in [7, 11) is 1.37. The van der Waals surface area contributed by atoms with Crippen molar-refractivity contribution < 1.29 is 18.7 Å². The van der Waals surface area contributed by atoms with E-state index in [4.69, 9.17) is 9.15 Å². The molecule has 0 bridgehead atoms. The van der Waals surface area contributed by atoms with E-state index in [1.54, 1.807) is 0 Å². The molecule has 1 amide bonds. The van der Waals surface area contributed by atoms with Crippen LogP contribution in [-0.2, 0) is 24.0 Å². The molecule has 6 heteroatoms. The van der Waals surface area contributed by atoms with Crippen molar-refractivity contribution in [2.24, 2.45) is 0 Å². The number of rotatable bonds is 4. The highest BCUT2D eigenvalue weighted by Gasteiger charge is 2.28. The molecule has 0 fully saturated rings. The van der Waals surface area contributed by atoms with Gasteiger partial charge in [0.2, 0.25) is 0 Å². The summed E-state index contributed by atoms with van der Waals surface area (Å²) < 4.78 is 10.8. The predicted octanol–water partition coefficient (Wildman–Crippen LogP) is 5.28. The van der Waals surface area contributed by atoms with Crippen LogP contribution in [0.2, 0.25) is 0 Å². The predicted molar refractivity (Wildman–Crippen MR) is 111 cm³/mol. The smallest absolute Gasteiger partial charge is 0.341 e. The molecule has 5 nitrogen and oxygen atoms in total. The molecule has 2 heterocycles. The molecular formula is C22H23NO4S. The third-order valence-corrected chi connectivity index (χ3v) is 6.61. The number of fused-ring (bicyclic) bond motifs is 2. The second kappa shape index (κ2) is 7.43. The van der Waals surface area contributed by atoms with Gasteiger partial charge in [0, 0.05) is 15.8 Å². The molecule has 0 radical (unpaired) electrons. The second-order valence-electron chi connectivity index (χ2n) is 7.10. The minimum Gasteiger partial charge on any atom is -0.465 e. The zero-order valence-electron chi connectivity index (χ0n) is 16.3. The molecule has 28 heavy (non-hydrogen) atoms. The normalized spacial score (nSPS) is 13.4. The van der Waals surface area contributed by atoms with E-state index in [0.717, 1.165) is 53.5 Å². The zero-order valence-corrected chi connectivity index (χ0v) is 17.1. The number of ether oxygens (including phenoxy) is 1. The first kappa shape index (κ1) is 18.7. The summed E-state index contributed by atoms with van der Waals surface area (Å²) in [5.41, 5.74) is 4.22. The molecule has 0 atom stereocenters. The highest BCUT2D eigenvalue weighted by Crippen LogP contribution is 2.39. The summed E-state index contributed by atoms with van der Waals surface area (Å²) in [6, 6.07) is 5.98. The molecule has 0 aliphatic heterocycles. The summed E-state index contributed by atoms with van der Waals surface area (Å²) in [6.07, 6.45) is 4.85. The van der Waals surface area contributed by atoms with E-state index in [9.17, 15) is 9.59 Å². The van der Waals surface area contributed by atoms with Crippen LogP contribution in [0.4, 0.5) is 5.00 Å². The van der Waals surface area contributed by atoms with Crippen LogP contribution in [0.25, 0.3) is 11.0 Å². The van der Waals surface area contributed by atoms with Crippen molar-refractivity contribution >= 4 is 39.2 Å². The summed E-state index contributed by atoms with van der Waals surface area (Å²) in [5, 5.41) is 4.42. The average molecular weight is 397 g/mol. The van der Waals surface area contributed by atoms with Gasteiger partial charge < -0.3 is 14.5 Å². The number of methoxy groups -OCH3 is 1. The van der Waals surface area contributed by atoms with E-state index in [2.05, 4.69) is 18.3 Å².